The Morgan fingerprint density at radius 1 is 1.35 bits per heavy atom. The van der Waals surface area contributed by atoms with Crippen LogP contribution in [0.4, 0.5) is 0 Å². The van der Waals surface area contributed by atoms with Crippen molar-refractivity contribution in [2.45, 2.75) is 52.0 Å². The molecule has 0 bridgehead atoms. The fourth-order valence-electron chi connectivity index (χ4n) is 2.80. The summed E-state index contributed by atoms with van der Waals surface area (Å²) in [6.07, 6.45) is 10.0. The second kappa shape index (κ2) is 8.67. The van der Waals surface area contributed by atoms with Crippen molar-refractivity contribution in [3.8, 4) is 0 Å². The topological polar surface area (TPSA) is 49.6 Å². The Morgan fingerprint density at radius 3 is 2.90 bits per heavy atom. The summed E-state index contributed by atoms with van der Waals surface area (Å²) in [4.78, 5) is 4.53. The van der Waals surface area contributed by atoms with Crippen molar-refractivity contribution in [2.24, 2.45) is 10.9 Å². The van der Waals surface area contributed by atoms with Crippen molar-refractivity contribution < 1.29 is 4.42 Å². The van der Waals surface area contributed by atoms with E-state index in [4.69, 9.17) is 4.42 Å². The van der Waals surface area contributed by atoms with E-state index in [1.807, 2.05) is 12.1 Å². The number of furan rings is 1. The first-order chi connectivity index (χ1) is 9.88. The Labute approximate surface area is 122 Å². The number of aliphatic imine (C=N–C) groups is 1. The normalized spacial score (nSPS) is 16.6. The van der Waals surface area contributed by atoms with Crippen LogP contribution >= 0.6 is 0 Å². The van der Waals surface area contributed by atoms with Crippen LogP contribution in [0.2, 0.25) is 0 Å². The molecule has 2 rings (SSSR count). The van der Waals surface area contributed by atoms with Gasteiger partial charge in [0.05, 0.1) is 6.26 Å². The number of rotatable bonds is 7. The Hall–Kier alpha value is -1.45. The maximum absolute atomic E-state index is 5.29. The van der Waals surface area contributed by atoms with E-state index in [-0.39, 0.29) is 0 Å². The minimum Gasteiger partial charge on any atom is -0.467 e. The Balaban J connectivity index is 1.66. The number of hydrogen-bond donors (Lipinski definition) is 2. The summed E-state index contributed by atoms with van der Waals surface area (Å²) >= 11 is 0. The lowest BCUT2D eigenvalue weighted by Crippen LogP contribution is -2.37. The second-order valence-electron chi connectivity index (χ2n) is 5.49. The Morgan fingerprint density at radius 2 is 2.20 bits per heavy atom. The van der Waals surface area contributed by atoms with Gasteiger partial charge in [-0.05, 0) is 37.8 Å². The molecule has 1 aliphatic carbocycles. The lowest BCUT2D eigenvalue weighted by atomic mass is 10.0. The maximum atomic E-state index is 5.29. The number of nitrogens with zero attached hydrogens (tertiary/aromatic N) is 1. The maximum Gasteiger partial charge on any atom is 0.191 e. The van der Waals surface area contributed by atoms with Gasteiger partial charge in [-0.1, -0.05) is 25.7 Å². The van der Waals surface area contributed by atoms with E-state index in [1.165, 1.54) is 38.5 Å². The van der Waals surface area contributed by atoms with E-state index < -0.39 is 0 Å². The van der Waals surface area contributed by atoms with Gasteiger partial charge >= 0.3 is 0 Å². The molecule has 0 atom stereocenters. The third-order valence-corrected chi connectivity index (χ3v) is 3.87. The van der Waals surface area contributed by atoms with Crippen LogP contribution < -0.4 is 10.6 Å². The molecule has 0 radical (unpaired) electrons. The predicted molar refractivity (Wildman–Crippen MR) is 82.7 cm³/mol. The molecule has 0 saturated heterocycles. The highest BCUT2D eigenvalue weighted by Gasteiger charge is 2.13. The van der Waals surface area contributed by atoms with Gasteiger partial charge in [-0.25, -0.2) is 4.99 Å². The quantitative estimate of drug-likeness (QED) is 0.457. The first-order valence-corrected chi connectivity index (χ1v) is 7.93. The number of hydrogen-bond acceptors (Lipinski definition) is 2. The van der Waals surface area contributed by atoms with E-state index >= 15 is 0 Å². The SMILES string of the molecule is CCNC(=NCc1ccco1)NCCCC1CCCC1. The van der Waals surface area contributed by atoms with Crippen molar-refractivity contribution in [3.05, 3.63) is 24.2 Å². The molecular weight excluding hydrogens is 250 g/mol. The van der Waals surface area contributed by atoms with Gasteiger partial charge in [0.15, 0.2) is 5.96 Å². The zero-order chi connectivity index (χ0) is 14.0. The van der Waals surface area contributed by atoms with Crippen LogP contribution in [0.25, 0.3) is 0 Å². The minimum absolute atomic E-state index is 0.588. The molecule has 2 N–H and O–H groups in total. The van der Waals surface area contributed by atoms with Gasteiger partial charge in [0.2, 0.25) is 0 Å². The molecule has 1 aromatic heterocycles. The summed E-state index contributed by atoms with van der Waals surface area (Å²) in [5.41, 5.74) is 0. The zero-order valence-corrected chi connectivity index (χ0v) is 12.5. The van der Waals surface area contributed by atoms with Gasteiger partial charge in [-0.3, -0.25) is 0 Å². The molecule has 1 fully saturated rings. The summed E-state index contributed by atoms with van der Waals surface area (Å²) in [6.45, 7) is 4.56. The molecule has 4 nitrogen and oxygen atoms in total. The van der Waals surface area contributed by atoms with Crippen LogP contribution in [-0.2, 0) is 6.54 Å². The average molecular weight is 277 g/mol. The van der Waals surface area contributed by atoms with Crippen molar-refractivity contribution in [2.75, 3.05) is 13.1 Å². The van der Waals surface area contributed by atoms with Crippen LogP contribution in [0.1, 0.15) is 51.2 Å². The van der Waals surface area contributed by atoms with Crippen LogP contribution in [-0.4, -0.2) is 19.0 Å². The van der Waals surface area contributed by atoms with Crippen molar-refractivity contribution in [1.82, 2.24) is 10.6 Å². The molecular formula is C16H27N3O. The lowest BCUT2D eigenvalue weighted by molar-refractivity contribution is 0.481. The van der Waals surface area contributed by atoms with Crippen LogP contribution in [0.3, 0.4) is 0 Å². The van der Waals surface area contributed by atoms with Gasteiger partial charge in [-0.2, -0.15) is 0 Å². The molecule has 0 amide bonds. The van der Waals surface area contributed by atoms with E-state index in [0.29, 0.717) is 6.54 Å². The Kier molecular flexibility index (Phi) is 6.48. The molecule has 0 unspecified atom stereocenters. The highest BCUT2D eigenvalue weighted by Crippen LogP contribution is 2.28. The molecule has 0 aliphatic heterocycles. The molecule has 0 spiro atoms. The Bertz CT molecular complexity index is 380. The summed E-state index contributed by atoms with van der Waals surface area (Å²) in [5.74, 6) is 2.75. The molecule has 1 saturated carbocycles. The molecule has 1 aliphatic rings. The third kappa shape index (κ3) is 5.27. The highest BCUT2D eigenvalue weighted by atomic mass is 16.3. The molecule has 4 heteroatoms. The van der Waals surface area contributed by atoms with Gasteiger partial charge in [0.25, 0.3) is 0 Å². The van der Waals surface area contributed by atoms with Crippen molar-refractivity contribution in [3.63, 3.8) is 0 Å². The van der Waals surface area contributed by atoms with E-state index in [9.17, 15) is 0 Å². The number of nitrogens with one attached hydrogen (secondary N) is 2. The van der Waals surface area contributed by atoms with E-state index in [0.717, 1.165) is 30.7 Å². The lowest BCUT2D eigenvalue weighted by Gasteiger charge is -2.12. The predicted octanol–water partition coefficient (Wildman–Crippen LogP) is 3.31. The molecule has 0 aromatic carbocycles. The molecule has 1 aromatic rings. The first kappa shape index (κ1) is 14.9. The van der Waals surface area contributed by atoms with Crippen molar-refractivity contribution in [1.29, 1.82) is 0 Å². The monoisotopic (exact) mass is 277 g/mol. The van der Waals surface area contributed by atoms with Gasteiger partial charge in [0, 0.05) is 13.1 Å². The fraction of sp³-hybridized carbons (Fsp3) is 0.688. The minimum atomic E-state index is 0.588. The summed E-state index contributed by atoms with van der Waals surface area (Å²) in [5, 5.41) is 6.67. The molecule has 20 heavy (non-hydrogen) atoms. The van der Waals surface area contributed by atoms with Gasteiger partial charge in [-0.15, -0.1) is 0 Å². The van der Waals surface area contributed by atoms with Crippen LogP contribution in [0.15, 0.2) is 27.8 Å². The molecule has 1 heterocycles. The standard InChI is InChI=1S/C16H27N3O/c1-2-17-16(19-13-15-10-6-12-20-15)18-11-5-9-14-7-3-4-8-14/h6,10,12,14H,2-5,7-9,11,13H2,1H3,(H2,17,18,19). The van der Waals surface area contributed by atoms with Gasteiger partial charge in [0.1, 0.15) is 12.3 Å². The van der Waals surface area contributed by atoms with E-state index in [2.05, 4.69) is 22.5 Å². The smallest absolute Gasteiger partial charge is 0.191 e. The number of guanidine groups is 1. The highest BCUT2D eigenvalue weighted by molar-refractivity contribution is 5.79. The largest absolute Gasteiger partial charge is 0.467 e. The van der Waals surface area contributed by atoms with Gasteiger partial charge < -0.3 is 15.1 Å². The zero-order valence-electron chi connectivity index (χ0n) is 12.5. The van der Waals surface area contributed by atoms with Crippen LogP contribution in [0.5, 0.6) is 0 Å². The fourth-order valence-corrected chi connectivity index (χ4v) is 2.80. The average Bonchev–Trinajstić information content (AvgIpc) is 3.13. The summed E-state index contributed by atoms with van der Waals surface area (Å²) in [6, 6.07) is 3.85. The van der Waals surface area contributed by atoms with Crippen LogP contribution in [0, 0.1) is 5.92 Å². The summed E-state index contributed by atoms with van der Waals surface area (Å²) < 4.78 is 5.29. The second-order valence-corrected chi connectivity index (χ2v) is 5.49. The first-order valence-electron chi connectivity index (χ1n) is 7.93. The third-order valence-electron chi connectivity index (χ3n) is 3.87. The summed E-state index contributed by atoms with van der Waals surface area (Å²) in [7, 11) is 0. The molecule has 112 valence electrons. The van der Waals surface area contributed by atoms with E-state index in [1.54, 1.807) is 6.26 Å². The van der Waals surface area contributed by atoms with Crippen molar-refractivity contribution >= 4 is 5.96 Å².